The number of carbonyl (C=O) groups is 1. The molecule has 1 aromatic carbocycles. The highest BCUT2D eigenvalue weighted by molar-refractivity contribution is 5.91. The first-order chi connectivity index (χ1) is 8.13. The summed E-state index contributed by atoms with van der Waals surface area (Å²) in [6.07, 6.45) is 0.678. The Labute approximate surface area is 101 Å². The summed E-state index contributed by atoms with van der Waals surface area (Å²) >= 11 is 0. The summed E-state index contributed by atoms with van der Waals surface area (Å²) in [7, 11) is 0. The summed E-state index contributed by atoms with van der Waals surface area (Å²) in [6.45, 7) is 3.50. The number of benzene rings is 1. The molecule has 0 saturated carbocycles. The first-order valence-electron chi connectivity index (χ1n) is 5.54. The van der Waals surface area contributed by atoms with Crippen molar-refractivity contribution in [1.29, 1.82) is 0 Å². The molecule has 1 rings (SSSR count). The number of anilines is 2. The van der Waals surface area contributed by atoms with Gasteiger partial charge in [0.15, 0.2) is 0 Å². The minimum absolute atomic E-state index is 0.327. The molecular weight excluding hydrogens is 220 g/mol. The van der Waals surface area contributed by atoms with E-state index in [4.69, 9.17) is 20.9 Å². The van der Waals surface area contributed by atoms with E-state index in [0.29, 0.717) is 43.2 Å². The van der Waals surface area contributed by atoms with Crippen molar-refractivity contribution in [3.8, 4) is 0 Å². The summed E-state index contributed by atoms with van der Waals surface area (Å²) in [5.74, 6) is -0.416. The number of rotatable bonds is 6. The van der Waals surface area contributed by atoms with Gasteiger partial charge in [-0.1, -0.05) is 0 Å². The Hall–Kier alpha value is -1.75. The second kappa shape index (κ2) is 6.75. The molecule has 4 N–H and O–H groups in total. The first kappa shape index (κ1) is 13.3. The van der Waals surface area contributed by atoms with Crippen LogP contribution in [0.5, 0.6) is 0 Å². The second-order valence-electron chi connectivity index (χ2n) is 3.57. The molecule has 5 heteroatoms. The number of ether oxygens (including phenoxy) is 2. The van der Waals surface area contributed by atoms with Crippen LogP contribution in [-0.4, -0.2) is 25.8 Å². The monoisotopic (exact) mass is 238 g/mol. The van der Waals surface area contributed by atoms with E-state index in [9.17, 15) is 4.79 Å². The highest BCUT2D eigenvalue weighted by Gasteiger charge is 2.08. The lowest BCUT2D eigenvalue weighted by molar-refractivity contribution is 0.0452. The fourth-order valence-corrected chi connectivity index (χ4v) is 1.35. The van der Waals surface area contributed by atoms with Crippen LogP contribution in [0.4, 0.5) is 11.4 Å². The van der Waals surface area contributed by atoms with Crippen molar-refractivity contribution in [2.75, 3.05) is 31.3 Å². The van der Waals surface area contributed by atoms with Crippen molar-refractivity contribution in [3.63, 3.8) is 0 Å². The average Bonchev–Trinajstić information content (AvgIpc) is 2.27. The van der Waals surface area contributed by atoms with E-state index in [1.165, 1.54) is 0 Å². The van der Waals surface area contributed by atoms with Gasteiger partial charge in [-0.25, -0.2) is 4.79 Å². The van der Waals surface area contributed by atoms with Gasteiger partial charge < -0.3 is 20.9 Å². The molecule has 0 aliphatic rings. The van der Waals surface area contributed by atoms with Crippen LogP contribution in [0.15, 0.2) is 18.2 Å². The normalized spacial score (nSPS) is 10.2. The molecule has 0 bridgehead atoms. The van der Waals surface area contributed by atoms with Crippen molar-refractivity contribution in [1.82, 2.24) is 0 Å². The van der Waals surface area contributed by atoms with E-state index in [1.54, 1.807) is 18.2 Å². The van der Waals surface area contributed by atoms with Crippen molar-refractivity contribution in [2.24, 2.45) is 0 Å². The van der Waals surface area contributed by atoms with Gasteiger partial charge in [-0.3, -0.25) is 0 Å². The molecule has 0 heterocycles. The van der Waals surface area contributed by atoms with Crippen LogP contribution in [0.25, 0.3) is 0 Å². The molecule has 0 amide bonds. The topological polar surface area (TPSA) is 87.6 Å². The highest BCUT2D eigenvalue weighted by Crippen LogP contribution is 2.14. The maximum Gasteiger partial charge on any atom is 0.338 e. The number of nitrogens with two attached hydrogens (primary N) is 2. The van der Waals surface area contributed by atoms with Gasteiger partial charge in [-0.05, 0) is 25.1 Å². The number of nitrogen functional groups attached to an aromatic ring is 2. The van der Waals surface area contributed by atoms with Gasteiger partial charge in [0.2, 0.25) is 0 Å². The van der Waals surface area contributed by atoms with E-state index in [1.807, 2.05) is 6.92 Å². The summed E-state index contributed by atoms with van der Waals surface area (Å²) < 4.78 is 10.2. The van der Waals surface area contributed by atoms with Gasteiger partial charge in [0, 0.05) is 31.0 Å². The lowest BCUT2D eigenvalue weighted by Crippen LogP contribution is -2.09. The Balaban J connectivity index is 2.41. The van der Waals surface area contributed by atoms with Crippen molar-refractivity contribution in [3.05, 3.63) is 23.8 Å². The van der Waals surface area contributed by atoms with Crippen LogP contribution >= 0.6 is 0 Å². The minimum Gasteiger partial charge on any atom is -0.462 e. The summed E-state index contributed by atoms with van der Waals surface area (Å²) in [6, 6.07) is 4.67. The zero-order valence-corrected chi connectivity index (χ0v) is 9.94. The molecule has 0 fully saturated rings. The molecule has 0 aliphatic heterocycles. The van der Waals surface area contributed by atoms with Gasteiger partial charge in [-0.15, -0.1) is 0 Å². The number of hydrogen-bond donors (Lipinski definition) is 2. The second-order valence-corrected chi connectivity index (χ2v) is 3.57. The Morgan fingerprint density at radius 3 is 2.41 bits per heavy atom. The van der Waals surface area contributed by atoms with Gasteiger partial charge in [0.25, 0.3) is 0 Å². The van der Waals surface area contributed by atoms with Gasteiger partial charge in [0.05, 0.1) is 12.2 Å². The van der Waals surface area contributed by atoms with E-state index in [0.717, 1.165) is 0 Å². The van der Waals surface area contributed by atoms with Gasteiger partial charge >= 0.3 is 5.97 Å². The predicted molar refractivity (Wildman–Crippen MR) is 66.7 cm³/mol. The van der Waals surface area contributed by atoms with Crippen molar-refractivity contribution >= 4 is 17.3 Å². The Morgan fingerprint density at radius 2 is 1.82 bits per heavy atom. The SMILES string of the molecule is CCOCCCOC(=O)c1cc(N)cc(N)c1. The lowest BCUT2D eigenvalue weighted by atomic mass is 10.2. The molecule has 0 aliphatic carbocycles. The third kappa shape index (κ3) is 4.74. The summed E-state index contributed by atoms with van der Waals surface area (Å²) in [5.41, 5.74) is 12.4. The zero-order valence-electron chi connectivity index (χ0n) is 9.94. The molecule has 17 heavy (non-hydrogen) atoms. The van der Waals surface area contributed by atoms with Crippen molar-refractivity contribution < 1.29 is 14.3 Å². The quantitative estimate of drug-likeness (QED) is 0.444. The van der Waals surface area contributed by atoms with Crippen LogP contribution in [0.1, 0.15) is 23.7 Å². The molecule has 0 spiro atoms. The Bertz CT molecular complexity index is 360. The smallest absolute Gasteiger partial charge is 0.338 e. The van der Waals surface area contributed by atoms with Crippen LogP contribution < -0.4 is 11.5 Å². The molecular formula is C12H18N2O3. The molecule has 0 atom stereocenters. The summed E-state index contributed by atoms with van der Waals surface area (Å²) in [5, 5.41) is 0. The third-order valence-corrected chi connectivity index (χ3v) is 2.08. The van der Waals surface area contributed by atoms with E-state index in [-0.39, 0.29) is 0 Å². The molecule has 94 valence electrons. The zero-order chi connectivity index (χ0) is 12.7. The van der Waals surface area contributed by atoms with E-state index < -0.39 is 5.97 Å². The fraction of sp³-hybridized carbons (Fsp3) is 0.417. The molecule has 1 aromatic rings. The van der Waals surface area contributed by atoms with Crippen LogP contribution in [0.2, 0.25) is 0 Å². The number of carbonyl (C=O) groups excluding carboxylic acids is 1. The maximum absolute atomic E-state index is 11.6. The molecule has 0 radical (unpaired) electrons. The van der Waals surface area contributed by atoms with Crippen LogP contribution in [0.3, 0.4) is 0 Å². The molecule has 0 saturated heterocycles. The number of hydrogen-bond acceptors (Lipinski definition) is 5. The summed E-state index contributed by atoms with van der Waals surface area (Å²) in [4.78, 5) is 11.6. The Morgan fingerprint density at radius 1 is 1.18 bits per heavy atom. The minimum atomic E-state index is -0.416. The lowest BCUT2D eigenvalue weighted by Gasteiger charge is -2.06. The van der Waals surface area contributed by atoms with Crippen LogP contribution in [-0.2, 0) is 9.47 Å². The van der Waals surface area contributed by atoms with E-state index in [2.05, 4.69) is 0 Å². The molecule has 5 nitrogen and oxygen atoms in total. The average molecular weight is 238 g/mol. The maximum atomic E-state index is 11.6. The largest absolute Gasteiger partial charge is 0.462 e. The standard InChI is InChI=1S/C12H18N2O3/c1-2-16-4-3-5-17-12(15)9-6-10(13)8-11(14)7-9/h6-8H,2-5,13-14H2,1H3. The molecule has 0 aromatic heterocycles. The first-order valence-corrected chi connectivity index (χ1v) is 5.54. The molecule has 0 unspecified atom stereocenters. The Kier molecular flexibility index (Phi) is 5.29. The van der Waals surface area contributed by atoms with Gasteiger partial charge in [0.1, 0.15) is 0 Å². The van der Waals surface area contributed by atoms with E-state index >= 15 is 0 Å². The van der Waals surface area contributed by atoms with Gasteiger partial charge in [-0.2, -0.15) is 0 Å². The van der Waals surface area contributed by atoms with Crippen molar-refractivity contribution in [2.45, 2.75) is 13.3 Å². The fourth-order valence-electron chi connectivity index (χ4n) is 1.35. The van der Waals surface area contributed by atoms with Crippen LogP contribution in [0, 0.1) is 0 Å². The third-order valence-electron chi connectivity index (χ3n) is 2.08. The number of esters is 1. The highest BCUT2D eigenvalue weighted by atomic mass is 16.5. The predicted octanol–water partition coefficient (Wildman–Crippen LogP) is 1.43.